The van der Waals surface area contributed by atoms with Crippen molar-refractivity contribution in [2.24, 2.45) is 4.99 Å². The SMILES string of the molecule is CCCCCC[N+]1(CC(=O)O)C=NC(NC(=O)Cc2ccccc2C(=O)O)=C1. The van der Waals surface area contributed by atoms with Crippen LogP contribution in [-0.4, -0.2) is 52.0 Å². The fourth-order valence-corrected chi connectivity index (χ4v) is 3.17. The second kappa shape index (κ2) is 9.80. The largest absolute Gasteiger partial charge is 0.478 e. The number of carbonyl (C=O) groups is 3. The minimum atomic E-state index is -1.09. The summed E-state index contributed by atoms with van der Waals surface area (Å²) in [5.74, 6) is -2.15. The van der Waals surface area contributed by atoms with Crippen LogP contribution in [0.2, 0.25) is 0 Å². The van der Waals surface area contributed by atoms with Gasteiger partial charge in [-0.05, 0) is 24.5 Å². The van der Waals surface area contributed by atoms with Crippen molar-refractivity contribution in [3.63, 3.8) is 0 Å². The first-order valence-corrected chi connectivity index (χ1v) is 9.32. The van der Waals surface area contributed by atoms with Gasteiger partial charge in [0.15, 0.2) is 18.7 Å². The maximum Gasteiger partial charge on any atom is 0.360 e. The van der Waals surface area contributed by atoms with Crippen LogP contribution in [0.1, 0.15) is 48.5 Å². The lowest BCUT2D eigenvalue weighted by atomic mass is 10.0. The summed E-state index contributed by atoms with van der Waals surface area (Å²) in [6, 6.07) is 6.31. The van der Waals surface area contributed by atoms with Crippen molar-refractivity contribution in [1.29, 1.82) is 0 Å². The van der Waals surface area contributed by atoms with Crippen molar-refractivity contribution in [2.45, 2.75) is 39.0 Å². The number of aromatic carboxylic acids is 1. The van der Waals surface area contributed by atoms with E-state index >= 15 is 0 Å². The number of benzene rings is 1. The number of quaternary nitrogens is 1. The molecule has 1 amide bonds. The van der Waals surface area contributed by atoms with Crippen molar-refractivity contribution < 1.29 is 29.1 Å². The fourth-order valence-electron chi connectivity index (χ4n) is 3.17. The van der Waals surface area contributed by atoms with Crippen LogP contribution in [0.25, 0.3) is 0 Å². The Morgan fingerprint density at radius 1 is 1.11 bits per heavy atom. The van der Waals surface area contributed by atoms with Gasteiger partial charge in [0.05, 0.1) is 18.5 Å². The van der Waals surface area contributed by atoms with Crippen molar-refractivity contribution in [1.82, 2.24) is 5.32 Å². The number of aliphatic carboxylic acids is 1. The van der Waals surface area contributed by atoms with Crippen LogP contribution in [0.3, 0.4) is 0 Å². The molecule has 1 atom stereocenters. The molecule has 8 heteroatoms. The van der Waals surface area contributed by atoms with Crippen LogP contribution in [0.5, 0.6) is 0 Å². The van der Waals surface area contributed by atoms with Gasteiger partial charge in [0.1, 0.15) is 6.20 Å². The Labute approximate surface area is 163 Å². The summed E-state index contributed by atoms with van der Waals surface area (Å²) in [6.45, 7) is 2.56. The molecule has 2 rings (SSSR count). The van der Waals surface area contributed by atoms with Gasteiger partial charge in [0, 0.05) is 0 Å². The smallest absolute Gasteiger partial charge is 0.360 e. The fraction of sp³-hybridized carbons (Fsp3) is 0.400. The van der Waals surface area contributed by atoms with Crippen molar-refractivity contribution in [3.05, 3.63) is 47.4 Å². The van der Waals surface area contributed by atoms with Crippen molar-refractivity contribution in [2.75, 3.05) is 13.1 Å². The molecule has 0 spiro atoms. The molecule has 1 aromatic carbocycles. The zero-order valence-corrected chi connectivity index (χ0v) is 15.9. The van der Waals surface area contributed by atoms with E-state index in [2.05, 4.69) is 17.2 Å². The van der Waals surface area contributed by atoms with Gasteiger partial charge in [-0.25, -0.2) is 14.1 Å². The molecule has 1 heterocycles. The molecular formula is C20H26N3O5+. The molecule has 0 radical (unpaired) electrons. The first kappa shape index (κ1) is 21.3. The maximum atomic E-state index is 12.3. The summed E-state index contributed by atoms with van der Waals surface area (Å²) in [5, 5.41) is 21.1. The summed E-state index contributed by atoms with van der Waals surface area (Å²) in [4.78, 5) is 39.0. The standard InChI is InChI=1S/C20H25N3O5/c1-2-3-4-7-10-23(13-19(25)26)12-17(21-14-23)22-18(24)11-15-8-5-6-9-16(15)20(27)28/h5-6,8-9,12,14H,2-4,7,10-11,13H2,1H3,(H2-,22,24,25,26,27,28)/p+1. The molecule has 0 fully saturated rings. The molecular weight excluding hydrogens is 362 g/mol. The van der Waals surface area contributed by atoms with Crippen LogP contribution in [0, 0.1) is 0 Å². The highest BCUT2D eigenvalue weighted by atomic mass is 16.4. The maximum absolute atomic E-state index is 12.3. The Morgan fingerprint density at radius 2 is 1.86 bits per heavy atom. The zero-order chi connectivity index (χ0) is 20.6. The molecule has 0 aromatic heterocycles. The second-order valence-electron chi connectivity index (χ2n) is 6.89. The monoisotopic (exact) mass is 388 g/mol. The van der Waals surface area contributed by atoms with E-state index in [1.165, 1.54) is 6.07 Å². The van der Waals surface area contributed by atoms with E-state index in [1.807, 2.05) is 0 Å². The normalized spacial score (nSPS) is 18.0. The van der Waals surface area contributed by atoms with Crippen molar-refractivity contribution >= 4 is 24.2 Å². The minimum absolute atomic E-state index is 0.0559. The molecule has 3 N–H and O–H groups in total. The van der Waals surface area contributed by atoms with Crippen LogP contribution in [0.4, 0.5) is 0 Å². The summed E-state index contributed by atoms with van der Waals surface area (Å²) in [6.07, 6.45) is 7.11. The van der Waals surface area contributed by atoms with Gasteiger partial charge in [-0.2, -0.15) is 4.99 Å². The Kier molecular flexibility index (Phi) is 7.45. The van der Waals surface area contributed by atoms with Gasteiger partial charge >= 0.3 is 11.9 Å². The molecule has 28 heavy (non-hydrogen) atoms. The average molecular weight is 388 g/mol. The minimum Gasteiger partial charge on any atom is -0.478 e. The molecule has 150 valence electrons. The zero-order valence-electron chi connectivity index (χ0n) is 15.9. The highest BCUT2D eigenvalue weighted by molar-refractivity contribution is 5.92. The van der Waals surface area contributed by atoms with Crippen LogP contribution >= 0.6 is 0 Å². The van der Waals surface area contributed by atoms with Crippen LogP contribution in [0.15, 0.2) is 41.3 Å². The molecule has 0 saturated carbocycles. The third-order valence-electron chi connectivity index (χ3n) is 4.53. The number of carboxylic acids is 2. The lowest BCUT2D eigenvalue weighted by Gasteiger charge is -2.25. The van der Waals surface area contributed by atoms with Crippen LogP contribution in [-0.2, 0) is 16.0 Å². The number of rotatable bonds is 11. The molecule has 1 aromatic rings. The number of hydrogen-bond acceptors (Lipinski definition) is 4. The number of hydrogen-bond donors (Lipinski definition) is 3. The van der Waals surface area contributed by atoms with Gasteiger partial charge in [0.25, 0.3) is 0 Å². The molecule has 1 unspecified atom stereocenters. The van der Waals surface area contributed by atoms with Gasteiger partial charge < -0.3 is 15.5 Å². The van der Waals surface area contributed by atoms with E-state index in [0.717, 1.165) is 25.7 Å². The van der Waals surface area contributed by atoms with Gasteiger partial charge in [0.2, 0.25) is 5.91 Å². The molecule has 0 aliphatic carbocycles. The lowest BCUT2D eigenvalue weighted by molar-refractivity contribution is -0.771. The van der Waals surface area contributed by atoms with E-state index in [0.29, 0.717) is 12.1 Å². The predicted molar refractivity (Wildman–Crippen MR) is 104 cm³/mol. The highest BCUT2D eigenvalue weighted by Crippen LogP contribution is 2.18. The number of unbranched alkanes of at least 4 members (excludes halogenated alkanes) is 3. The number of aliphatic imine (C=N–C) groups is 1. The van der Waals surface area contributed by atoms with E-state index in [4.69, 9.17) is 0 Å². The number of nitrogens with zero attached hydrogens (tertiary/aromatic N) is 2. The van der Waals surface area contributed by atoms with E-state index in [1.54, 1.807) is 30.7 Å². The number of carboxylic acid groups (broad SMARTS) is 2. The second-order valence-corrected chi connectivity index (χ2v) is 6.89. The summed E-state index contributed by atoms with van der Waals surface area (Å²) >= 11 is 0. The Bertz CT molecular complexity index is 803. The Balaban J connectivity index is 2.04. The predicted octanol–water partition coefficient (Wildman–Crippen LogP) is 2.37. The van der Waals surface area contributed by atoms with E-state index in [-0.39, 0.29) is 28.8 Å². The highest BCUT2D eigenvalue weighted by Gasteiger charge is 2.32. The summed E-state index contributed by atoms with van der Waals surface area (Å²) < 4.78 is 0.0559. The van der Waals surface area contributed by atoms with Crippen molar-refractivity contribution in [3.8, 4) is 0 Å². The first-order chi connectivity index (χ1) is 13.3. The van der Waals surface area contributed by atoms with Gasteiger partial charge in [-0.1, -0.05) is 38.0 Å². The average Bonchev–Trinajstić information content (AvgIpc) is 3.00. The number of amides is 1. The lowest BCUT2D eigenvalue weighted by Crippen LogP contribution is -2.45. The number of nitrogens with one attached hydrogen (secondary N) is 1. The quantitative estimate of drug-likeness (QED) is 0.397. The van der Waals surface area contributed by atoms with Gasteiger partial charge in [-0.3, -0.25) is 4.79 Å². The molecule has 1 aliphatic rings. The topological polar surface area (TPSA) is 116 Å². The molecule has 1 aliphatic heterocycles. The van der Waals surface area contributed by atoms with E-state index in [9.17, 15) is 24.6 Å². The first-order valence-electron chi connectivity index (χ1n) is 9.32. The third kappa shape index (κ3) is 6.02. The van der Waals surface area contributed by atoms with Crippen LogP contribution < -0.4 is 5.32 Å². The van der Waals surface area contributed by atoms with E-state index < -0.39 is 17.8 Å². The third-order valence-corrected chi connectivity index (χ3v) is 4.53. The molecule has 0 bridgehead atoms. The summed E-state index contributed by atoms with van der Waals surface area (Å²) in [5.41, 5.74) is 0.481. The summed E-state index contributed by atoms with van der Waals surface area (Å²) in [7, 11) is 0. The Morgan fingerprint density at radius 3 is 2.54 bits per heavy atom. The molecule has 0 saturated heterocycles. The molecule has 8 nitrogen and oxygen atoms in total. The number of carbonyl (C=O) groups excluding carboxylic acids is 1. The Hall–Kier alpha value is -3.00. The van der Waals surface area contributed by atoms with Gasteiger partial charge in [-0.15, -0.1) is 0 Å².